The zero-order valence-electron chi connectivity index (χ0n) is 11.1. The summed E-state index contributed by atoms with van der Waals surface area (Å²) in [5.41, 5.74) is 3.08. The molecular formula is C14H19N3O2. The minimum atomic E-state index is -0.126. The first kappa shape index (κ1) is 13.5. The third-order valence-corrected chi connectivity index (χ3v) is 3.11. The van der Waals surface area contributed by atoms with E-state index < -0.39 is 0 Å². The van der Waals surface area contributed by atoms with Gasteiger partial charge in [-0.25, -0.2) is 0 Å². The van der Waals surface area contributed by atoms with Crippen molar-refractivity contribution in [3.05, 3.63) is 34.9 Å². The minimum Gasteiger partial charge on any atom is -0.356 e. The highest BCUT2D eigenvalue weighted by Crippen LogP contribution is 2.16. The monoisotopic (exact) mass is 261 g/mol. The van der Waals surface area contributed by atoms with Gasteiger partial charge in [-0.1, -0.05) is 6.07 Å². The Morgan fingerprint density at radius 3 is 2.79 bits per heavy atom. The summed E-state index contributed by atoms with van der Waals surface area (Å²) in [6, 6.07) is 5.72. The Labute approximate surface area is 112 Å². The number of benzene rings is 1. The highest BCUT2D eigenvalue weighted by atomic mass is 16.2. The van der Waals surface area contributed by atoms with E-state index in [0.717, 1.165) is 13.1 Å². The fraction of sp³-hybridized carbons (Fsp3) is 0.429. The van der Waals surface area contributed by atoms with Crippen LogP contribution in [-0.4, -0.2) is 24.9 Å². The molecule has 1 heterocycles. The van der Waals surface area contributed by atoms with Crippen LogP contribution in [0.1, 0.15) is 34.8 Å². The molecule has 1 aliphatic heterocycles. The van der Waals surface area contributed by atoms with E-state index in [0.29, 0.717) is 25.1 Å². The molecule has 1 aromatic rings. The summed E-state index contributed by atoms with van der Waals surface area (Å²) in [5, 5.41) is 8.70. The first-order valence-corrected chi connectivity index (χ1v) is 6.58. The van der Waals surface area contributed by atoms with Crippen molar-refractivity contribution >= 4 is 11.8 Å². The van der Waals surface area contributed by atoms with Gasteiger partial charge in [0, 0.05) is 38.2 Å². The Kier molecular flexibility index (Phi) is 4.52. The van der Waals surface area contributed by atoms with Gasteiger partial charge in [0.25, 0.3) is 5.91 Å². The Bertz CT molecular complexity index is 486. The standard InChI is InChI=1S/C14H19N3O2/c1-2-16-13(18)5-6-17-14(19)10-3-4-11-8-15-9-12(11)7-10/h3-4,7,15H,2,5-6,8-9H2,1H3,(H,16,18)(H,17,19). The van der Waals surface area contributed by atoms with Crippen LogP contribution < -0.4 is 16.0 Å². The summed E-state index contributed by atoms with van der Waals surface area (Å²) in [6.07, 6.45) is 0.312. The normalized spacial score (nSPS) is 12.9. The predicted molar refractivity (Wildman–Crippen MR) is 72.6 cm³/mol. The highest BCUT2D eigenvalue weighted by Gasteiger charge is 2.13. The van der Waals surface area contributed by atoms with Crippen molar-refractivity contribution < 1.29 is 9.59 Å². The smallest absolute Gasteiger partial charge is 0.251 e. The molecule has 0 radical (unpaired) electrons. The average molecular weight is 261 g/mol. The zero-order chi connectivity index (χ0) is 13.7. The van der Waals surface area contributed by atoms with Crippen molar-refractivity contribution in [3.8, 4) is 0 Å². The second-order valence-corrected chi connectivity index (χ2v) is 4.55. The summed E-state index contributed by atoms with van der Waals surface area (Å²) in [5.74, 6) is -0.167. The molecule has 1 aromatic carbocycles. The number of carbonyl (C=O) groups excluding carboxylic acids is 2. The lowest BCUT2D eigenvalue weighted by Gasteiger charge is -2.07. The van der Waals surface area contributed by atoms with E-state index in [1.54, 1.807) is 0 Å². The number of hydrogen-bond acceptors (Lipinski definition) is 3. The van der Waals surface area contributed by atoms with Gasteiger partial charge in [0.2, 0.25) is 5.91 Å². The van der Waals surface area contributed by atoms with Gasteiger partial charge in [-0.15, -0.1) is 0 Å². The van der Waals surface area contributed by atoms with E-state index in [9.17, 15) is 9.59 Å². The van der Waals surface area contributed by atoms with Crippen molar-refractivity contribution in [2.24, 2.45) is 0 Å². The Morgan fingerprint density at radius 2 is 2.00 bits per heavy atom. The van der Waals surface area contributed by atoms with Crippen molar-refractivity contribution in [2.75, 3.05) is 13.1 Å². The van der Waals surface area contributed by atoms with Crippen molar-refractivity contribution in [2.45, 2.75) is 26.4 Å². The quantitative estimate of drug-likeness (QED) is 0.725. The van der Waals surface area contributed by atoms with Crippen LogP contribution in [0.3, 0.4) is 0 Å². The molecule has 0 aliphatic carbocycles. The van der Waals surface area contributed by atoms with Crippen LogP contribution in [0.25, 0.3) is 0 Å². The van der Waals surface area contributed by atoms with E-state index in [1.165, 1.54) is 11.1 Å². The maximum absolute atomic E-state index is 11.9. The molecule has 0 saturated carbocycles. The summed E-state index contributed by atoms with van der Waals surface area (Å²) >= 11 is 0. The molecule has 0 unspecified atom stereocenters. The molecule has 0 aromatic heterocycles. The molecule has 19 heavy (non-hydrogen) atoms. The number of hydrogen-bond donors (Lipinski definition) is 3. The predicted octanol–water partition coefficient (Wildman–Crippen LogP) is 0.546. The maximum Gasteiger partial charge on any atom is 0.251 e. The Morgan fingerprint density at radius 1 is 1.21 bits per heavy atom. The number of nitrogens with one attached hydrogen (secondary N) is 3. The lowest BCUT2D eigenvalue weighted by Crippen LogP contribution is -2.30. The van der Waals surface area contributed by atoms with Gasteiger partial charge in [0.15, 0.2) is 0 Å². The highest BCUT2D eigenvalue weighted by molar-refractivity contribution is 5.94. The number of amides is 2. The fourth-order valence-electron chi connectivity index (χ4n) is 2.11. The van der Waals surface area contributed by atoms with Crippen LogP contribution in [0.15, 0.2) is 18.2 Å². The van der Waals surface area contributed by atoms with Gasteiger partial charge < -0.3 is 16.0 Å². The molecule has 0 fully saturated rings. The van der Waals surface area contributed by atoms with Crippen LogP contribution in [0.5, 0.6) is 0 Å². The van der Waals surface area contributed by atoms with E-state index in [2.05, 4.69) is 16.0 Å². The van der Waals surface area contributed by atoms with Crippen LogP contribution in [-0.2, 0) is 17.9 Å². The number of fused-ring (bicyclic) bond motifs is 1. The van der Waals surface area contributed by atoms with E-state index >= 15 is 0 Å². The van der Waals surface area contributed by atoms with Crippen molar-refractivity contribution in [1.29, 1.82) is 0 Å². The topological polar surface area (TPSA) is 70.2 Å². The minimum absolute atomic E-state index is 0.0408. The zero-order valence-corrected chi connectivity index (χ0v) is 11.1. The van der Waals surface area contributed by atoms with Crippen molar-refractivity contribution in [3.63, 3.8) is 0 Å². The number of rotatable bonds is 5. The summed E-state index contributed by atoms with van der Waals surface area (Å²) < 4.78 is 0. The van der Waals surface area contributed by atoms with Gasteiger partial charge in [-0.3, -0.25) is 9.59 Å². The maximum atomic E-state index is 11.9. The van der Waals surface area contributed by atoms with Gasteiger partial charge in [0.1, 0.15) is 0 Å². The largest absolute Gasteiger partial charge is 0.356 e. The van der Waals surface area contributed by atoms with Gasteiger partial charge in [-0.2, -0.15) is 0 Å². The van der Waals surface area contributed by atoms with Crippen LogP contribution in [0, 0.1) is 0 Å². The number of carbonyl (C=O) groups is 2. The lowest BCUT2D eigenvalue weighted by atomic mass is 10.1. The first-order valence-electron chi connectivity index (χ1n) is 6.58. The second-order valence-electron chi connectivity index (χ2n) is 4.55. The first-order chi connectivity index (χ1) is 9.20. The molecule has 3 N–H and O–H groups in total. The van der Waals surface area contributed by atoms with Gasteiger partial charge in [0.05, 0.1) is 0 Å². The van der Waals surface area contributed by atoms with Crippen LogP contribution in [0.2, 0.25) is 0 Å². The summed E-state index contributed by atoms with van der Waals surface area (Å²) in [4.78, 5) is 23.2. The molecular weight excluding hydrogens is 242 g/mol. The Hall–Kier alpha value is -1.88. The average Bonchev–Trinajstić information content (AvgIpc) is 2.86. The third-order valence-electron chi connectivity index (χ3n) is 3.11. The van der Waals surface area contributed by atoms with Crippen LogP contribution in [0.4, 0.5) is 0 Å². The van der Waals surface area contributed by atoms with E-state index in [1.807, 2.05) is 25.1 Å². The molecule has 5 nitrogen and oxygen atoms in total. The lowest BCUT2D eigenvalue weighted by molar-refractivity contribution is -0.120. The summed E-state index contributed by atoms with van der Waals surface area (Å²) in [7, 11) is 0. The van der Waals surface area contributed by atoms with E-state index in [4.69, 9.17) is 0 Å². The molecule has 0 atom stereocenters. The molecule has 2 amide bonds. The molecule has 5 heteroatoms. The third kappa shape index (κ3) is 3.54. The molecule has 0 saturated heterocycles. The van der Waals surface area contributed by atoms with Crippen LogP contribution >= 0.6 is 0 Å². The molecule has 0 bridgehead atoms. The molecule has 102 valence electrons. The van der Waals surface area contributed by atoms with Gasteiger partial charge in [-0.05, 0) is 30.2 Å². The van der Waals surface area contributed by atoms with E-state index in [-0.39, 0.29) is 11.8 Å². The SMILES string of the molecule is CCNC(=O)CCNC(=O)c1ccc2c(c1)CNC2. The van der Waals surface area contributed by atoms with Gasteiger partial charge >= 0.3 is 0 Å². The van der Waals surface area contributed by atoms with Crippen molar-refractivity contribution in [1.82, 2.24) is 16.0 Å². The molecule has 2 rings (SSSR count). The Balaban J connectivity index is 1.85. The molecule has 1 aliphatic rings. The fourth-order valence-corrected chi connectivity index (χ4v) is 2.11. The summed E-state index contributed by atoms with van der Waals surface area (Å²) in [6.45, 7) is 4.53. The second kappa shape index (κ2) is 6.33. The molecule has 0 spiro atoms.